The van der Waals surface area contributed by atoms with Gasteiger partial charge in [0.2, 0.25) is 0 Å². The molecule has 0 spiro atoms. The Bertz CT molecular complexity index is 1090. The Labute approximate surface area is 204 Å². The summed E-state index contributed by atoms with van der Waals surface area (Å²) in [6, 6.07) is 13.0. The fraction of sp³-hybridized carbons (Fsp3) is 0.444. The zero-order chi connectivity index (χ0) is 24.2. The van der Waals surface area contributed by atoms with Crippen molar-refractivity contribution in [1.29, 1.82) is 0 Å². The molecule has 1 unspecified atom stereocenters. The largest absolute Gasteiger partial charge is 0.489 e. The number of carbonyl (C=O) groups is 3. The minimum atomic E-state index is -0.529. The Morgan fingerprint density at radius 1 is 0.943 bits per heavy atom. The van der Waals surface area contributed by atoms with Gasteiger partial charge in [-0.1, -0.05) is 30.3 Å². The molecule has 8 nitrogen and oxygen atoms in total. The topological polar surface area (TPSA) is 85.4 Å². The molecule has 2 aromatic rings. The average molecular weight is 479 g/mol. The van der Waals surface area contributed by atoms with Crippen LogP contribution >= 0.6 is 0 Å². The zero-order valence-electron chi connectivity index (χ0n) is 19.7. The number of amides is 1. The van der Waals surface area contributed by atoms with Gasteiger partial charge >= 0.3 is 0 Å². The van der Waals surface area contributed by atoms with Gasteiger partial charge in [0, 0.05) is 30.6 Å². The number of carbonyl (C=O) groups excluding carboxylic acids is 3. The number of hydrogen-bond donors (Lipinski definition) is 0. The molecule has 3 aliphatic rings. The van der Waals surface area contributed by atoms with Gasteiger partial charge in [0.25, 0.3) is 5.91 Å². The highest BCUT2D eigenvalue weighted by Gasteiger charge is 2.39. The Balaban J connectivity index is 1.16. The Kier molecular flexibility index (Phi) is 7.22. The summed E-state index contributed by atoms with van der Waals surface area (Å²) in [5, 5.41) is 0. The number of hydrogen-bond acceptors (Lipinski definition) is 7. The summed E-state index contributed by atoms with van der Waals surface area (Å²) in [7, 11) is 0. The fourth-order valence-electron chi connectivity index (χ4n) is 4.82. The molecular formula is C27H30N2O6. The Morgan fingerprint density at radius 2 is 1.69 bits per heavy atom. The predicted octanol–water partition coefficient (Wildman–Crippen LogP) is 2.72. The van der Waals surface area contributed by atoms with Crippen molar-refractivity contribution in [3.8, 4) is 5.75 Å². The lowest BCUT2D eigenvalue weighted by Gasteiger charge is -2.29. The van der Waals surface area contributed by atoms with Gasteiger partial charge < -0.3 is 19.1 Å². The maximum absolute atomic E-state index is 13.0. The quantitative estimate of drug-likeness (QED) is 0.540. The number of nitrogens with zero attached hydrogens (tertiary/aromatic N) is 2. The maximum atomic E-state index is 13.0. The van der Waals surface area contributed by atoms with E-state index in [1.54, 1.807) is 17.0 Å². The normalized spacial score (nSPS) is 20.9. The minimum absolute atomic E-state index is 0.0471. The van der Waals surface area contributed by atoms with Crippen LogP contribution in [-0.2, 0) is 38.8 Å². The number of ether oxygens (including phenoxy) is 3. The van der Waals surface area contributed by atoms with Crippen molar-refractivity contribution >= 4 is 17.5 Å². The van der Waals surface area contributed by atoms with Gasteiger partial charge in [-0.15, -0.1) is 0 Å². The van der Waals surface area contributed by atoms with Gasteiger partial charge in [-0.3, -0.25) is 19.3 Å². The standard InChI is InChI=1S/C27H30N2O6/c30-21-8-9-24(25(31)14-21)29-15-23-22(27(29)32)2-1-3-26(23)35-17-20-6-4-19(5-7-20)16-34-18-28-10-12-33-13-11-28/h1-7,24H,8-18H2. The van der Waals surface area contributed by atoms with E-state index in [9.17, 15) is 14.4 Å². The van der Waals surface area contributed by atoms with Gasteiger partial charge in [0.15, 0.2) is 5.78 Å². The fourth-order valence-corrected chi connectivity index (χ4v) is 4.82. The molecule has 1 amide bonds. The number of fused-ring (bicyclic) bond motifs is 1. The molecule has 2 aliphatic heterocycles. The first-order valence-electron chi connectivity index (χ1n) is 12.1. The number of morpholine rings is 1. The molecule has 1 atom stereocenters. The average Bonchev–Trinajstić information content (AvgIpc) is 3.21. The summed E-state index contributed by atoms with van der Waals surface area (Å²) < 4.78 is 17.3. The molecule has 1 saturated carbocycles. The molecule has 1 saturated heterocycles. The van der Waals surface area contributed by atoms with Crippen molar-refractivity contribution in [1.82, 2.24) is 9.80 Å². The molecule has 8 heteroatoms. The van der Waals surface area contributed by atoms with Gasteiger partial charge in [-0.2, -0.15) is 0 Å². The number of benzene rings is 2. The van der Waals surface area contributed by atoms with Crippen molar-refractivity contribution in [2.75, 3.05) is 33.0 Å². The maximum Gasteiger partial charge on any atom is 0.255 e. The molecule has 0 N–H and O–H groups in total. The van der Waals surface area contributed by atoms with Gasteiger partial charge in [0.05, 0.1) is 45.6 Å². The van der Waals surface area contributed by atoms with E-state index >= 15 is 0 Å². The van der Waals surface area contributed by atoms with E-state index in [1.165, 1.54) is 0 Å². The number of ketones is 2. The van der Waals surface area contributed by atoms with Crippen LogP contribution in [0.1, 0.15) is 46.3 Å². The number of Topliss-reactive ketones (excluding diaryl/α,β-unsaturated/α-hetero) is 2. The second-order valence-corrected chi connectivity index (χ2v) is 9.26. The molecule has 2 aromatic carbocycles. The van der Waals surface area contributed by atoms with E-state index in [0.717, 1.165) is 43.0 Å². The van der Waals surface area contributed by atoms with Crippen LogP contribution in [0.2, 0.25) is 0 Å². The predicted molar refractivity (Wildman–Crippen MR) is 127 cm³/mol. The molecule has 0 bridgehead atoms. The van der Waals surface area contributed by atoms with E-state index in [4.69, 9.17) is 14.2 Å². The first kappa shape index (κ1) is 23.7. The van der Waals surface area contributed by atoms with Crippen LogP contribution in [0.5, 0.6) is 5.75 Å². The van der Waals surface area contributed by atoms with Crippen molar-refractivity contribution in [2.24, 2.45) is 0 Å². The van der Waals surface area contributed by atoms with Crippen LogP contribution < -0.4 is 4.74 Å². The highest BCUT2D eigenvalue weighted by atomic mass is 16.5. The van der Waals surface area contributed by atoms with Crippen LogP contribution in [0.15, 0.2) is 42.5 Å². The molecule has 2 fully saturated rings. The summed E-state index contributed by atoms with van der Waals surface area (Å²) >= 11 is 0. The van der Waals surface area contributed by atoms with Crippen LogP contribution in [0, 0.1) is 0 Å². The van der Waals surface area contributed by atoms with Crippen LogP contribution in [0.4, 0.5) is 0 Å². The van der Waals surface area contributed by atoms with E-state index in [-0.39, 0.29) is 23.9 Å². The summed E-state index contributed by atoms with van der Waals surface area (Å²) in [6.07, 6.45) is 0.659. The third kappa shape index (κ3) is 5.45. The zero-order valence-corrected chi connectivity index (χ0v) is 19.7. The highest BCUT2D eigenvalue weighted by Crippen LogP contribution is 2.34. The summed E-state index contributed by atoms with van der Waals surface area (Å²) in [5.74, 6) is 0.267. The molecule has 1 aliphatic carbocycles. The third-order valence-electron chi connectivity index (χ3n) is 6.83. The van der Waals surface area contributed by atoms with Crippen molar-refractivity contribution in [3.05, 3.63) is 64.7 Å². The highest BCUT2D eigenvalue weighted by molar-refractivity contribution is 6.07. The lowest BCUT2D eigenvalue weighted by Crippen LogP contribution is -2.44. The minimum Gasteiger partial charge on any atom is -0.489 e. The van der Waals surface area contributed by atoms with E-state index in [2.05, 4.69) is 4.90 Å². The first-order chi connectivity index (χ1) is 17.1. The van der Waals surface area contributed by atoms with Crippen molar-refractivity contribution in [3.63, 3.8) is 0 Å². The molecule has 0 aromatic heterocycles. The van der Waals surface area contributed by atoms with E-state index < -0.39 is 6.04 Å². The van der Waals surface area contributed by atoms with Gasteiger partial charge in [-0.05, 0) is 29.7 Å². The molecule has 35 heavy (non-hydrogen) atoms. The lowest BCUT2D eigenvalue weighted by molar-refractivity contribution is -0.133. The SMILES string of the molecule is O=C1CCC(N2Cc3c(OCc4ccc(COCN5CCOCC5)cc4)cccc3C2=O)C(=O)C1. The van der Waals surface area contributed by atoms with E-state index in [0.29, 0.717) is 50.6 Å². The summed E-state index contributed by atoms with van der Waals surface area (Å²) in [6.45, 7) is 5.17. The molecule has 2 heterocycles. The lowest BCUT2D eigenvalue weighted by atomic mass is 9.92. The monoisotopic (exact) mass is 478 g/mol. The first-order valence-corrected chi connectivity index (χ1v) is 12.1. The number of rotatable bonds is 8. The Hall–Kier alpha value is -3.07. The summed E-state index contributed by atoms with van der Waals surface area (Å²) in [4.78, 5) is 40.8. The van der Waals surface area contributed by atoms with Crippen LogP contribution in [0.25, 0.3) is 0 Å². The van der Waals surface area contributed by atoms with Crippen LogP contribution in [0.3, 0.4) is 0 Å². The van der Waals surface area contributed by atoms with E-state index in [1.807, 2.05) is 30.3 Å². The Morgan fingerprint density at radius 3 is 2.43 bits per heavy atom. The molecule has 0 radical (unpaired) electrons. The van der Waals surface area contributed by atoms with Gasteiger partial charge in [0.1, 0.15) is 18.1 Å². The third-order valence-corrected chi connectivity index (χ3v) is 6.83. The second kappa shape index (κ2) is 10.7. The summed E-state index contributed by atoms with van der Waals surface area (Å²) in [5.41, 5.74) is 3.48. The van der Waals surface area contributed by atoms with Crippen LogP contribution in [-0.4, -0.2) is 66.3 Å². The molecular weight excluding hydrogens is 448 g/mol. The smallest absolute Gasteiger partial charge is 0.255 e. The molecule has 5 rings (SSSR count). The van der Waals surface area contributed by atoms with Crippen molar-refractivity contribution < 1.29 is 28.6 Å². The molecule has 184 valence electrons. The van der Waals surface area contributed by atoms with Gasteiger partial charge in [-0.25, -0.2) is 0 Å². The second-order valence-electron chi connectivity index (χ2n) is 9.26. The van der Waals surface area contributed by atoms with Crippen molar-refractivity contribution in [2.45, 2.75) is 45.1 Å².